The van der Waals surface area contributed by atoms with E-state index in [0.717, 1.165) is 29.6 Å². The Kier molecular flexibility index (Phi) is 4.00. The van der Waals surface area contributed by atoms with Gasteiger partial charge in [0, 0.05) is 40.2 Å². The van der Waals surface area contributed by atoms with Gasteiger partial charge in [0.1, 0.15) is 0 Å². The average molecular weight is 383 g/mol. The zero-order valence-electron chi connectivity index (χ0n) is 16.4. The van der Waals surface area contributed by atoms with E-state index in [-0.39, 0.29) is 10.9 Å². The highest BCUT2D eigenvalue weighted by Gasteiger charge is 2.14. The monoisotopic (exact) mass is 383 g/mol. The largest absolute Gasteiger partial charge is 0.354 e. The van der Waals surface area contributed by atoms with Gasteiger partial charge in [0.15, 0.2) is 10.9 Å². The standard InChI is InChI=1S/C24H21N3O2/c1-26(2)11-12-27-21-10-6-4-8-16(21)24(29)18-13-20-17(14-22(18)27)23(28)15-7-3-5-9-19(15)25-20/h3-10,13-14H,11-12H2,1-2H3,(H,25,28). The van der Waals surface area contributed by atoms with E-state index in [4.69, 9.17) is 0 Å². The Hall–Kier alpha value is -3.44. The highest BCUT2D eigenvalue weighted by molar-refractivity contribution is 6.03. The molecule has 0 unspecified atom stereocenters. The number of fused-ring (bicyclic) bond motifs is 4. The minimum atomic E-state index is -0.0176. The van der Waals surface area contributed by atoms with Crippen molar-refractivity contribution >= 4 is 43.6 Å². The summed E-state index contributed by atoms with van der Waals surface area (Å²) in [5, 5.41) is 2.58. The Morgan fingerprint density at radius 3 is 2.24 bits per heavy atom. The van der Waals surface area contributed by atoms with Crippen molar-refractivity contribution in [2.75, 3.05) is 20.6 Å². The van der Waals surface area contributed by atoms with Crippen molar-refractivity contribution in [3.05, 3.63) is 81.1 Å². The highest BCUT2D eigenvalue weighted by atomic mass is 16.1. The summed E-state index contributed by atoms with van der Waals surface area (Å²) in [5.41, 5.74) is 3.13. The first-order valence-electron chi connectivity index (χ1n) is 9.69. The molecule has 0 amide bonds. The van der Waals surface area contributed by atoms with Crippen molar-refractivity contribution in [1.29, 1.82) is 0 Å². The van der Waals surface area contributed by atoms with E-state index >= 15 is 0 Å². The van der Waals surface area contributed by atoms with Crippen molar-refractivity contribution in [2.45, 2.75) is 6.54 Å². The van der Waals surface area contributed by atoms with Crippen LogP contribution in [0.25, 0.3) is 43.6 Å². The smallest absolute Gasteiger partial charge is 0.197 e. The molecular weight excluding hydrogens is 362 g/mol. The van der Waals surface area contributed by atoms with Crippen LogP contribution in [0.3, 0.4) is 0 Å². The Labute approximate surface area is 166 Å². The van der Waals surface area contributed by atoms with E-state index in [9.17, 15) is 9.59 Å². The Morgan fingerprint density at radius 1 is 0.759 bits per heavy atom. The number of hydrogen-bond acceptors (Lipinski definition) is 3. The maximum atomic E-state index is 13.3. The molecule has 5 aromatic rings. The van der Waals surface area contributed by atoms with Gasteiger partial charge < -0.3 is 14.5 Å². The fourth-order valence-corrected chi connectivity index (χ4v) is 4.08. The van der Waals surface area contributed by atoms with Crippen LogP contribution >= 0.6 is 0 Å². The van der Waals surface area contributed by atoms with Crippen molar-refractivity contribution < 1.29 is 0 Å². The van der Waals surface area contributed by atoms with Gasteiger partial charge in [-0.1, -0.05) is 24.3 Å². The Balaban J connectivity index is 1.97. The maximum Gasteiger partial charge on any atom is 0.197 e. The molecule has 29 heavy (non-hydrogen) atoms. The van der Waals surface area contributed by atoms with Crippen LogP contribution < -0.4 is 10.9 Å². The van der Waals surface area contributed by atoms with E-state index in [1.807, 2.05) is 74.8 Å². The number of H-pyrrole nitrogens is 1. The maximum absolute atomic E-state index is 13.3. The van der Waals surface area contributed by atoms with E-state index in [1.165, 1.54) is 0 Å². The topological polar surface area (TPSA) is 58.1 Å². The predicted octanol–water partition coefficient (Wildman–Crippen LogP) is 3.71. The number of nitrogens with zero attached hydrogens (tertiary/aromatic N) is 2. The van der Waals surface area contributed by atoms with Crippen LogP contribution in [0.4, 0.5) is 0 Å². The quantitative estimate of drug-likeness (QED) is 0.483. The second-order valence-electron chi connectivity index (χ2n) is 7.72. The van der Waals surface area contributed by atoms with Gasteiger partial charge in [0.05, 0.1) is 16.6 Å². The summed E-state index contributed by atoms with van der Waals surface area (Å²) in [7, 11) is 4.05. The molecule has 0 spiro atoms. The first-order valence-corrected chi connectivity index (χ1v) is 9.69. The lowest BCUT2D eigenvalue weighted by Gasteiger charge is -2.18. The van der Waals surface area contributed by atoms with Gasteiger partial charge in [-0.2, -0.15) is 0 Å². The number of para-hydroxylation sites is 2. The number of nitrogens with one attached hydrogen (secondary N) is 1. The van der Waals surface area contributed by atoms with Crippen molar-refractivity contribution in [3.8, 4) is 0 Å². The molecule has 5 nitrogen and oxygen atoms in total. The molecule has 0 aliphatic rings. The molecule has 0 fully saturated rings. The normalized spacial score (nSPS) is 12.0. The van der Waals surface area contributed by atoms with Gasteiger partial charge in [-0.25, -0.2) is 0 Å². The summed E-state index contributed by atoms with van der Waals surface area (Å²) in [6.07, 6.45) is 0. The predicted molar refractivity (Wildman–Crippen MR) is 120 cm³/mol. The van der Waals surface area contributed by atoms with Crippen LogP contribution in [0.5, 0.6) is 0 Å². The molecule has 0 radical (unpaired) electrons. The molecule has 0 atom stereocenters. The minimum absolute atomic E-state index is 0.00684. The lowest BCUT2D eigenvalue weighted by atomic mass is 10.0. The molecule has 3 aromatic carbocycles. The third kappa shape index (κ3) is 2.74. The number of aromatic nitrogens is 2. The summed E-state index contributed by atoms with van der Waals surface area (Å²) in [5.74, 6) is 0. The molecule has 0 saturated heterocycles. The molecule has 2 heterocycles. The van der Waals surface area contributed by atoms with E-state index in [1.54, 1.807) is 0 Å². The van der Waals surface area contributed by atoms with Crippen molar-refractivity contribution in [3.63, 3.8) is 0 Å². The Bertz CT molecular complexity index is 1530. The summed E-state index contributed by atoms with van der Waals surface area (Å²) in [6.45, 7) is 1.55. The molecule has 0 aliphatic carbocycles. The summed E-state index contributed by atoms with van der Waals surface area (Å²) < 4.78 is 2.15. The second kappa shape index (κ2) is 6.57. The zero-order chi connectivity index (χ0) is 20.1. The van der Waals surface area contributed by atoms with Gasteiger partial charge >= 0.3 is 0 Å². The second-order valence-corrected chi connectivity index (χ2v) is 7.72. The minimum Gasteiger partial charge on any atom is -0.354 e. The molecule has 144 valence electrons. The van der Waals surface area contributed by atoms with Crippen molar-refractivity contribution in [2.24, 2.45) is 0 Å². The van der Waals surface area contributed by atoms with E-state index in [2.05, 4.69) is 14.5 Å². The molecule has 1 N–H and O–H groups in total. The zero-order valence-corrected chi connectivity index (χ0v) is 16.4. The summed E-state index contributed by atoms with van der Waals surface area (Å²) >= 11 is 0. The lowest BCUT2D eigenvalue weighted by molar-refractivity contribution is 0.389. The number of aromatic amines is 1. The summed E-state index contributed by atoms with van der Waals surface area (Å²) in [4.78, 5) is 31.8. The number of benzene rings is 3. The molecule has 0 bridgehead atoms. The molecule has 2 aromatic heterocycles. The first-order chi connectivity index (χ1) is 14.0. The SMILES string of the molecule is CN(C)CCn1c2ccccc2c(=O)c2cc3[nH]c4ccccc4c(=O)c3cc21. The number of rotatable bonds is 3. The van der Waals surface area contributed by atoms with E-state index in [0.29, 0.717) is 27.1 Å². The van der Waals surface area contributed by atoms with Gasteiger partial charge in [0.2, 0.25) is 0 Å². The molecule has 5 rings (SSSR count). The lowest BCUT2D eigenvalue weighted by Crippen LogP contribution is -2.21. The van der Waals surface area contributed by atoms with Crippen LogP contribution in [0.1, 0.15) is 0 Å². The number of pyridine rings is 2. The van der Waals surface area contributed by atoms with Gasteiger partial charge in [-0.3, -0.25) is 9.59 Å². The summed E-state index contributed by atoms with van der Waals surface area (Å²) in [6, 6.07) is 18.9. The van der Waals surface area contributed by atoms with Gasteiger partial charge in [-0.15, -0.1) is 0 Å². The fourth-order valence-electron chi connectivity index (χ4n) is 4.08. The average Bonchev–Trinajstić information content (AvgIpc) is 2.73. The van der Waals surface area contributed by atoms with Crippen molar-refractivity contribution in [1.82, 2.24) is 14.5 Å². The van der Waals surface area contributed by atoms with Crippen LogP contribution in [0, 0.1) is 0 Å². The van der Waals surface area contributed by atoms with Crippen LogP contribution in [-0.2, 0) is 6.54 Å². The first kappa shape index (κ1) is 17.6. The fraction of sp³-hybridized carbons (Fsp3) is 0.167. The van der Waals surface area contributed by atoms with Crippen LogP contribution in [0.15, 0.2) is 70.3 Å². The van der Waals surface area contributed by atoms with Crippen LogP contribution in [0.2, 0.25) is 0 Å². The third-order valence-electron chi connectivity index (χ3n) is 5.57. The van der Waals surface area contributed by atoms with Crippen LogP contribution in [-0.4, -0.2) is 35.1 Å². The molecule has 0 aliphatic heterocycles. The Morgan fingerprint density at radius 2 is 1.45 bits per heavy atom. The number of hydrogen-bond donors (Lipinski definition) is 1. The molecular formula is C24H21N3O2. The molecule has 5 heteroatoms. The van der Waals surface area contributed by atoms with Gasteiger partial charge in [-0.05, 0) is 50.5 Å². The molecule has 0 saturated carbocycles. The highest BCUT2D eigenvalue weighted by Crippen LogP contribution is 2.24. The number of likely N-dealkylation sites (N-methyl/N-ethyl adjacent to an activating group) is 1. The van der Waals surface area contributed by atoms with E-state index < -0.39 is 0 Å². The third-order valence-corrected chi connectivity index (χ3v) is 5.57. The van der Waals surface area contributed by atoms with Gasteiger partial charge in [0.25, 0.3) is 0 Å².